The number of para-hydroxylation sites is 1. The molecule has 0 saturated carbocycles. The minimum atomic E-state index is -0.264. The highest BCUT2D eigenvalue weighted by atomic mass is 32.1. The van der Waals surface area contributed by atoms with E-state index >= 15 is 0 Å². The number of amides is 1. The lowest BCUT2D eigenvalue weighted by Gasteiger charge is -2.03. The molecule has 0 bridgehead atoms. The van der Waals surface area contributed by atoms with Gasteiger partial charge in [0, 0.05) is 11.6 Å². The molecule has 0 aliphatic rings. The second-order valence-electron chi connectivity index (χ2n) is 4.14. The van der Waals surface area contributed by atoms with Crippen LogP contribution < -0.4 is 11.1 Å². The van der Waals surface area contributed by atoms with Crippen LogP contribution in [0.1, 0.15) is 35.1 Å². The smallest absolute Gasteiger partial charge is 0.259 e. The third-order valence-electron chi connectivity index (χ3n) is 2.36. The standard InChI is InChI=1S/C12H14N4OS/c1-7(2)11-15-16-12(18-11)14-10(17)8-5-3-4-6-9(8)13/h3-7H,13H2,1-2H3,(H,14,16,17). The van der Waals surface area contributed by atoms with Gasteiger partial charge >= 0.3 is 0 Å². The van der Waals surface area contributed by atoms with Gasteiger partial charge in [-0.25, -0.2) is 0 Å². The van der Waals surface area contributed by atoms with Crippen molar-refractivity contribution in [2.75, 3.05) is 11.1 Å². The molecule has 1 amide bonds. The Morgan fingerprint density at radius 1 is 1.33 bits per heavy atom. The summed E-state index contributed by atoms with van der Waals surface area (Å²) in [4.78, 5) is 12.0. The Morgan fingerprint density at radius 3 is 2.67 bits per heavy atom. The van der Waals surface area contributed by atoms with Gasteiger partial charge in [0.05, 0.1) is 5.56 Å². The zero-order chi connectivity index (χ0) is 13.1. The number of hydrogen-bond acceptors (Lipinski definition) is 5. The van der Waals surface area contributed by atoms with Crippen LogP contribution in [0.15, 0.2) is 24.3 Å². The summed E-state index contributed by atoms with van der Waals surface area (Å²) in [5.41, 5.74) is 6.63. The summed E-state index contributed by atoms with van der Waals surface area (Å²) in [6.07, 6.45) is 0. The van der Waals surface area contributed by atoms with Crippen LogP contribution in [-0.4, -0.2) is 16.1 Å². The normalized spacial score (nSPS) is 10.6. The van der Waals surface area contributed by atoms with E-state index in [4.69, 9.17) is 5.73 Å². The number of benzene rings is 1. The molecule has 0 saturated heterocycles. The molecule has 6 heteroatoms. The topological polar surface area (TPSA) is 80.9 Å². The van der Waals surface area contributed by atoms with Crippen LogP contribution in [0, 0.1) is 0 Å². The minimum Gasteiger partial charge on any atom is -0.398 e. The van der Waals surface area contributed by atoms with Gasteiger partial charge in [-0.2, -0.15) is 0 Å². The lowest BCUT2D eigenvalue weighted by molar-refractivity contribution is 0.102. The van der Waals surface area contributed by atoms with E-state index in [1.165, 1.54) is 11.3 Å². The van der Waals surface area contributed by atoms with Crippen LogP contribution >= 0.6 is 11.3 Å². The molecule has 0 spiro atoms. The largest absolute Gasteiger partial charge is 0.398 e. The van der Waals surface area contributed by atoms with Gasteiger partial charge in [0.15, 0.2) is 0 Å². The monoisotopic (exact) mass is 262 g/mol. The molecule has 1 aromatic heterocycles. The number of hydrogen-bond donors (Lipinski definition) is 2. The van der Waals surface area contributed by atoms with Crippen LogP contribution in [0.5, 0.6) is 0 Å². The first-order valence-corrected chi connectivity index (χ1v) is 6.39. The van der Waals surface area contributed by atoms with Crippen molar-refractivity contribution in [1.82, 2.24) is 10.2 Å². The van der Waals surface area contributed by atoms with Gasteiger partial charge in [-0.05, 0) is 12.1 Å². The number of rotatable bonds is 3. The first-order valence-electron chi connectivity index (χ1n) is 5.57. The maximum absolute atomic E-state index is 12.0. The Balaban J connectivity index is 2.14. The minimum absolute atomic E-state index is 0.264. The number of nitrogen functional groups attached to an aromatic ring is 1. The summed E-state index contributed by atoms with van der Waals surface area (Å²) < 4.78 is 0. The van der Waals surface area contributed by atoms with Crippen molar-refractivity contribution in [3.8, 4) is 0 Å². The summed E-state index contributed by atoms with van der Waals surface area (Å²) >= 11 is 1.37. The van der Waals surface area contributed by atoms with E-state index in [0.29, 0.717) is 22.3 Å². The molecule has 1 heterocycles. The van der Waals surface area contributed by atoms with E-state index in [-0.39, 0.29) is 5.91 Å². The van der Waals surface area contributed by atoms with Crippen molar-refractivity contribution in [3.05, 3.63) is 34.8 Å². The second kappa shape index (κ2) is 5.14. The first-order chi connectivity index (χ1) is 8.58. The molecule has 0 atom stereocenters. The van der Waals surface area contributed by atoms with E-state index in [1.54, 1.807) is 24.3 Å². The highest BCUT2D eigenvalue weighted by Gasteiger charge is 2.13. The van der Waals surface area contributed by atoms with Gasteiger partial charge in [-0.15, -0.1) is 10.2 Å². The average molecular weight is 262 g/mol. The summed E-state index contributed by atoms with van der Waals surface area (Å²) in [7, 11) is 0. The van der Waals surface area contributed by atoms with Crippen LogP contribution in [0.4, 0.5) is 10.8 Å². The fraction of sp³-hybridized carbons (Fsp3) is 0.250. The van der Waals surface area contributed by atoms with Crippen molar-refractivity contribution >= 4 is 28.1 Å². The Labute approximate surface area is 109 Å². The van der Waals surface area contributed by atoms with Gasteiger partial charge in [-0.1, -0.05) is 37.3 Å². The molecule has 1 aromatic carbocycles. The molecule has 3 N–H and O–H groups in total. The van der Waals surface area contributed by atoms with Gasteiger partial charge in [0.2, 0.25) is 5.13 Å². The second-order valence-corrected chi connectivity index (χ2v) is 5.15. The molecule has 0 aliphatic heterocycles. The third kappa shape index (κ3) is 2.65. The van der Waals surface area contributed by atoms with Gasteiger partial charge in [0.1, 0.15) is 5.01 Å². The van der Waals surface area contributed by atoms with E-state index in [1.807, 2.05) is 13.8 Å². The van der Waals surface area contributed by atoms with Gasteiger partial charge in [-0.3, -0.25) is 10.1 Å². The average Bonchev–Trinajstić information content (AvgIpc) is 2.78. The summed E-state index contributed by atoms with van der Waals surface area (Å²) in [6, 6.07) is 6.92. The van der Waals surface area contributed by atoms with Gasteiger partial charge < -0.3 is 5.73 Å². The zero-order valence-electron chi connectivity index (χ0n) is 10.2. The number of nitrogens with one attached hydrogen (secondary N) is 1. The number of nitrogens with two attached hydrogens (primary N) is 1. The van der Waals surface area contributed by atoms with E-state index in [2.05, 4.69) is 15.5 Å². The molecule has 94 valence electrons. The third-order valence-corrected chi connectivity index (χ3v) is 3.50. The number of nitrogens with zero attached hydrogens (tertiary/aromatic N) is 2. The number of carbonyl (C=O) groups is 1. The van der Waals surface area contributed by atoms with Crippen molar-refractivity contribution in [2.45, 2.75) is 19.8 Å². The number of aromatic nitrogens is 2. The highest BCUT2D eigenvalue weighted by Crippen LogP contribution is 2.23. The quantitative estimate of drug-likeness (QED) is 0.833. The molecule has 2 rings (SSSR count). The number of anilines is 2. The summed E-state index contributed by atoms with van der Waals surface area (Å²) in [5.74, 6) is 0.0366. The first kappa shape index (κ1) is 12.5. The number of carbonyl (C=O) groups excluding carboxylic acids is 1. The zero-order valence-corrected chi connectivity index (χ0v) is 11.0. The Hall–Kier alpha value is -1.95. The lowest BCUT2D eigenvalue weighted by Crippen LogP contribution is -2.13. The van der Waals surface area contributed by atoms with Crippen LogP contribution in [0.3, 0.4) is 0 Å². The molecule has 2 aromatic rings. The summed E-state index contributed by atoms with van der Waals surface area (Å²) in [5, 5.41) is 12.0. The van der Waals surface area contributed by atoms with Gasteiger partial charge in [0.25, 0.3) is 5.91 Å². The van der Waals surface area contributed by atoms with Crippen molar-refractivity contribution in [3.63, 3.8) is 0 Å². The highest BCUT2D eigenvalue weighted by molar-refractivity contribution is 7.15. The Morgan fingerprint density at radius 2 is 2.06 bits per heavy atom. The molecular weight excluding hydrogens is 248 g/mol. The van der Waals surface area contributed by atoms with Crippen LogP contribution in [0.2, 0.25) is 0 Å². The van der Waals surface area contributed by atoms with Crippen molar-refractivity contribution < 1.29 is 4.79 Å². The fourth-order valence-electron chi connectivity index (χ4n) is 1.39. The molecule has 18 heavy (non-hydrogen) atoms. The van der Waals surface area contributed by atoms with E-state index in [0.717, 1.165) is 5.01 Å². The molecule has 5 nitrogen and oxygen atoms in total. The predicted octanol–water partition coefficient (Wildman–Crippen LogP) is 2.50. The molecule has 0 aliphatic carbocycles. The Bertz CT molecular complexity index is 565. The maximum Gasteiger partial charge on any atom is 0.259 e. The summed E-state index contributed by atoms with van der Waals surface area (Å²) in [6.45, 7) is 4.06. The lowest BCUT2D eigenvalue weighted by atomic mass is 10.2. The molecular formula is C12H14N4OS. The predicted molar refractivity (Wildman–Crippen MR) is 72.8 cm³/mol. The molecule has 0 unspecified atom stereocenters. The fourth-order valence-corrected chi connectivity index (χ4v) is 2.13. The van der Waals surface area contributed by atoms with Crippen LogP contribution in [0.25, 0.3) is 0 Å². The van der Waals surface area contributed by atoms with Crippen LogP contribution in [-0.2, 0) is 0 Å². The maximum atomic E-state index is 12.0. The Kier molecular flexibility index (Phi) is 3.57. The SMILES string of the molecule is CC(C)c1nnc(NC(=O)c2ccccc2N)s1. The molecule has 0 radical (unpaired) electrons. The van der Waals surface area contributed by atoms with E-state index in [9.17, 15) is 4.79 Å². The van der Waals surface area contributed by atoms with Crippen molar-refractivity contribution in [2.24, 2.45) is 0 Å². The molecule has 0 fully saturated rings. The van der Waals surface area contributed by atoms with E-state index < -0.39 is 0 Å². The van der Waals surface area contributed by atoms with Crippen molar-refractivity contribution in [1.29, 1.82) is 0 Å².